The van der Waals surface area contributed by atoms with Gasteiger partial charge in [0, 0.05) is 11.6 Å². The molecule has 1 aromatic carbocycles. The highest BCUT2D eigenvalue weighted by Gasteiger charge is 2.16. The largest absolute Gasteiger partial charge is 0.337 e. The van der Waals surface area contributed by atoms with E-state index < -0.39 is 12.2 Å². The second kappa shape index (κ2) is 6.38. The first kappa shape index (κ1) is 16.1. The molecule has 0 aliphatic carbocycles. The summed E-state index contributed by atoms with van der Waals surface area (Å²) in [6.07, 6.45) is -0.185. The van der Waals surface area contributed by atoms with Gasteiger partial charge in [0.05, 0.1) is 23.3 Å². The molecule has 126 valence electrons. The Morgan fingerprint density at radius 2 is 2.17 bits per heavy atom. The number of imidazole rings is 1. The van der Waals surface area contributed by atoms with Crippen molar-refractivity contribution in [1.82, 2.24) is 19.7 Å². The van der Waals surface area contributed by atoms with E-state index in [9.17, 15) is 13.6 Å². The van der Waals surface area contributed by atoms with Crippen LogP contribution in [0.15, 0.2) is 30.5 Å². The molecule has 0 bridgehead atoms. The highest BCUT2D eigenvalue weighted by Crippen LogP contribution is 2.22. The minimum atomic E-state index is -2.68. The minimum absolute atomic E-state index is 0.152. The lowest BCUT2D eigenvalue weighted by molar-refractivity contribution is 0.102. The molecule has 0 spiro atoms. The zero-order chi connectivity index (χ0) is 17.3. The van der Waals surface area contributed by atoms with Crippen LogP contribution >= 0.6 is 0 Å². The van der Waals surface area contributed by atoms with Crippen LogP contribution in [0.25, 0.3) is 11.0 Å². The van der Waals surface area contributed by atoms with Crippen molar-refractivity contribution < 1.29 is 13.6 Å². The fourth-order valence-corrected chi connectivity index (χ4v) is 2.40. The topological polar surface area (TPSA) is 75.6 Å². The van der Waals surface area contributed by atoms with Crippen LogP contribution in [0, 0.1) is 0 Å². The molecule has 0 unspecified atom stereocenters. The van der Waals surface area contributed by atoms with Crippen molar-refractivity contribution in [2.45, 2.75) is 32.7 Å². The number of amides is 1. The van der Waals surface area contributed by atoms with E-state index in [0.29, 0.717) is 22.4 Å². The number of rotatable bonds is 5. The van der Waals surface area contributed by atoms with E-state index in [4.69, 9.17) is 0 Å². The number of nitrogens with zero attached hydrogens (tertiary/aromatic N) is 3. The molecule has 6 nitrogen and oxygen atoms in total. The van der Waals surface area contributed by atoms with Gasteiger partial charge in [-0.15, -0.1) is 0 Å². The highest BCUT2D eigenvalue weighted by atomic mass is 19.3. The molecule has 0 radical (unpaired) electrons. The van der Waals surface area contributed by atoms with E-state index in [0.717, 1.165) is 6.42 Å². The summed E-state index contributed by atoms with van der Waals surface area (Å²) >= 11 is 0. The second-order valence-corrected chi connectivity index (χ2v) is 5.53. The van der Waals surface area contributed by atoms with Gasteiger partial charge in [0.15, 0.2) is 5.82 Å². The van der Waals surface area contributed by atoms with Crippen molar-refractivity contribution in [3.63, 3.8) is 0 Å². The van der Waals surface area contributed by atoms with Gasteiger partial charge < -0.3 is 10.3 Å². The predicted molar refractivity (Wildman–Crippen MR) is 86.2 cm³/mol. The molecule has 0 aliphatic heterocycles. The van der Waals surface area contributed by atoms with Gasteiger partial charge in [-0.2, -0.15) is 5.10 Å². The Bertz CT molecular complexity index is 870. The zero-order valence-corrected chi connectivity index (χ0v) is 13.3. The van der Waals surface area contributed by atoms with Gasteiger partial charge in [-0.1, -0.05) is 6.92 Å². The van der Waals surface area contributed by atoms with E-state index in [1.165, 1.54) is 6.07 Å². The number of halogens is 2. The van der Waals surface area contributed by atoms with Crippen molar-refractivity contribution in [2.75, 3.05) is 5.32 Å². The van der Waals surface area contributed by atoms with Crippen molar-refractivity contribution >= 4 is 22.8 Å². The molecular formula is C16H17F2N5O. The molecule has 1 atom stereocenters. The Morgan fingerprint density at radius 3 is 2.88 bits per heavy atom. The molecule has 0 saturated carbocycles. The molecule has 0 fully saturated rings. The molecule has 2 N–H and O–H groups in total. The van der Waals surface area contributed by atoms with Gasteiger partial charge in [0.1, 0.15) is 5.82 Å². The smallest absolute Gasteiger partial charge is 0.295 e. The SMILES string of the molecule is CC[C@H](C)n1nccc1NC(=O)c1ccc2nc(C(F)F)[nH]c2c1. The standard InChI is InChI=1S/C16H17F2N5O/c1-3-9(2)23-13(6-7-19-23)22-16(24)10-4-5-11-12(8-10)21-15(20-11)14(17)18/h4-9,14H,3H2,1-2H3,(H,20,21)(H,22,24)/t9-/m0/s1. The summed E-state index contributed by atoms with van der Waals surface area (Å²) in [4.78, 5) is 18.7. The summed E-state index contributed by atoms with van der Waals surface area (Å²) in [5.41, 5.74) is 1.14. The highest BCUT2D eigenvalue weighted by molar-refractivity contribution is 6.05. The van der Waals surface area contributed by atoms with Crippen LogP contribution in [0.2, 0.25) is 0 Å². The van der Waals surface area contributed by atoms with Crippen molar-refractivity contribution in [1.29, 1.82) is 0 Å². The Morgan fingerprint density at radius 1 is 1.38 bits per heavy atom. The fourth-order valence-electron chi connectivity index (χ4n) is 2.40. The molecule has 2 aromatic heterocycles. The maximum Gasteiger partial charge on any atom is 0.295 e. The van der Waals surface area contributed by atoms with Crippen LogP contribution in [0.4, 0.5) is 14.6 Å². The zero-order valence-electron chi connectivity index (χ0n) is 13.3. The third-order valence-corrected chi connectivity index (χ3v) is 3.89. The van der Waals surface area contributed by atoms with Crippen LogP contribution < -0.4 is 5.32 Å². The molecule has 24 heavy (non-hydrogen) atoms. The first-order chi connectivity index (χ1) is 11.5. The molecule has 3 rings (SSSR count). The number of benzene rings is 1. The van der Waals surface area contributed by atoms with Crippen molar-refractivity contribution in [2.24, 2.45) is 0 Å². The third kappa shape index (κ3) is 2.99. The number of anilines is 1. The van der Waals surface area contributed by atoms with E-state index >= 15 is 0 Å². The third-order valence-electron chi connectivity index (χ3n) is 3.89. The number of carbonyl (C=O) groups excluding carboxylic acids is 1. The van der Waals surface area contributed by atoms with E-state index in [1.54, 1.807) is 29.1 Å². The van der Waals surface area contributed by atoms with E-state index in [1.807, 2.05) is 13.8 Å². The van der Waals surface area contributed by atoms with Crippen LogP contribution in [0.3, 0.4) is 0 Å². The number of fused-ring (bicyclic) bond motifs is 1. The normalized spacial score (nSPS) is 12.7. The summed E-state index contributed by atoms with van der Waals surface area (Å²) < 4.78 is 27.1. The number of carbonyl (C=O) groups is 1. The van der Waals surface area contributed by atoms with Crippen LogP contribution in [-0.4, -0.2) is 25.7 Å². The predicted octanol–water partition coefficient (Wildman–Crippen LogP) is 3.92. The number of aromatic nitrogens is 4. The van der Waals surface area contributed by atoms with Gasteiger partial charge in [0.2, 0.25) is 0 Å². The summed E-state index contributed by atoms with van der Waals surface area (Å²) in [6.45, 7) is 4.04. The van der Waals surface area contributed by atoms with E-state index in [-0.39, 0.29) is 11.9 Å². The molecule has 3 aromatic rings. The number of nitrogens with one attached hydrogen (secondary N) is 2. The number of hydrogen-bond donors (Lipinski definition) is 2. The summed E-state index contributed by atoms with van der Waals surface area (Å²) in [6, 6.07) is 6.47. The van der Waals surface area contributed by atoms with Gasteiger partial charge in [-0.25, -0.2) is 18.4 Å². The number of alkyl halides is 2. The lowest BCUT2D eigenvalue weighted by Crippen LogP contribution is -2.17. The molecule has 1 amide bonds. The summed E-state index contributed by atoms with van der Waals surface area (Å²) in [7, 11) is 0. The molecule has 8 heteroatoms. The average Bonchev–Trinajstić information content (AvgIpc) is 3.19. The van der Waals surface area contributed by atoms with Crippen LogP contribution in [-0.2, 0) is 0 Å². The Labute approximate surface area is 136 Å². The quantitative estimate of drug-likeness (QED) is 0.743. The lowest BCUT2D eigenvalue weighted by atomic mass is 10.2. The number of hydrogen-bond acceptors (Lipinski definition) is 3. The van der Waals surface area contributed by atoms with E-state index in [2.05, 4.69) is 20.4 Å². The van der Waals surface area contributed by atoms with Crippen molar-refractivity contribution in [3.8, 4) is 0 Å². The van der Waals surface area contributed by atoms with Gasteiger partial charge in [-0.05, 0) is 31.5 Å². The van der Waals surface area contributed by atoms with Gasteiger partial charge in [-0.3, -0.25) is 4.79 Å². The molecule has 0 saturated heterocycles. The Kier molecular flexibility index (Phi) is 4.28. The second-order valence-electron chi connectivity index (χ2n) is 5.53. The molecular weight excluding hydrogens is 316 g/mol. The maximum absolute atomic E-state index is 12.7. The van der Waals surface area contributed by atoms with Gasteiger partial charge in [0.25, 0.3) is 12.3 Å². The van der Waals surface area contributed by atoms with Crippen LogP contribution in [0.5, 0.6) is 0 Å². The molecule has 2 heterocycles. The Hall–Kier alpha value is -2.77. The first-order valence-electron chi connectivity index (χ1n) is 7.62. The molecule has 0 aliphatic rings. The first-order valence-corrected chi connectivity index (χ1v) is 7.62. The average molecular weight is 333 g/mol. The van der Waals surface area contributed by atoms with Crippen LogP contribution in [0.1, 0.15) is 48.9 Å². The Balaban J connectivity index is 1.85. The summed E-state index contributed by atoms with van der Waals surface area (Å²) in [5, 5.41) is 7.00. The summed E-state index contributed by atoms with van der Waals surface area (Å²) in [5.74, 6) is -0.153. The lowest BCUT2D eigenvalue weighted by Gasteiger charge is -2.14. The minimum Gasteiger partial charge on any atom is -0.337 e. The van der Waals surface area contributed by atoms with Crippen molar-refractivity contribution in [3.05, 3.63) is 41.9 Å². The fraction of sp³-hybridized carbons (Fsp3) is 0.312. The van der Waals surface area contributed by atoms with Gasteiger partial charge >= 0.3 is 0 Å². The monoisotopic (exact) mass is 333 g/mol. The number of aromatic amines is 1. The number of H-pyrrole nitrogens is 1. The maximum atomic E-state index is 12.7.